The number of hydrogen-bond acceptors (Lipinski definition) is 2. The highest BCUT2D eigenvalue weighted by Crippen LogP contribution is 2.22. The van der Waals surface area contributed by atoms with Gasteiger partial charge in [-0.15, -0.1) is 0 Å². The number of aliphatic hydroxyl groups excluding tert-OH is 1. The van der Waals surface area contributed by atoms with Crippen molar-refractivity contribution in [1.29, 1.82) is 0 Å². The summed E-state index contributed by atoms with van der Waals surface area (Å²) >= 11 is 0. The van der Waals surface area contributed by atoms with Crippen molar-refractivity contribution in [2.75, 3.05) is 6.61 Å². The highest BCUT2D eigenvalue weighted by molar-refractivity contribution is 5.28. The number of rotatable bonds is 3. The average Bonchev–Trinajstić information content (AvgIpc) is 2.18. The Morgan fingerprint density at radius 3 is 2.07 bits per heavy atom. The first-order valence-corrected chi connectivity index (χ1v) is 4.91. The minimum Gasteiger partial charge on any atom is -0.393 e. The fourth-order valence-corrected chi connectivity index (χ4v) is 1.32. The maximum atomic E-state index is 9.77. The van der Waals surface area contributed by atoms with E-state index >= 15 is 0 Å². The molecule has 0 aliphatic rings. The zero-order valence-electron chi connectivity index (χ0n) is 8.99. The first kappa shape index (κ1) is 11.2. The van der Waals surface area contributed by atoms with Crippen LogP contribution in [0.5, 0.6) is 0 Å². The summed E-state index contributed by atoms with van der Waals surface area (Å²) < 4.78 is 0. The van der Waals surface area contributed by atoms with Crippen LogP contribution in [-0.2, 0) is 5.60 Å². The molecule has 2 nitrogen and oxygen atoms in total. The standard InChI is InChI=1S/C12H18O2/c1-9(2)10-4-6-11(7-5-10)12(3,14)8-13/h4-7,9,13-14H,8H2,1-3H3. The minimum absolute atomic E-state index is 0.256. The van der Waals surface area contributed by atoms with E-state index in [2.05, 4.69) is 13.8 Å². The van der Waals surface area contributed by atoms with Gasteiger partial charge < -0.3 is 10.2 Å². The predicted octanol–water partition coefficient (Wildman–Crippen LogP) is 2.01. The molecule has 78 valence electrons. The molecule has 0 aliphatic heterocycles. The van der Waals surface area contributed by atoms with Gasteiger partial charge in [0.1, 0.15) is 5.60 Å². The van der Waals surface area contributed by atoms with Crippen LogP contribution >= 0.6 is 0 Å². The quantitative estimate of drug-likeness (QED) is 0.772. The smallest absolute Gasteiger partial charge is 0.110 e. The van der Waals surface area contributed by atoms with E-state index in [1.165, 1.54) is 5.56 Å². The molecule has 14 heavy (non-hydrogen) atoms. The molecule has 0 spiro atoms. The molecular weight excluding hydrogens is 176 g/mol. The van der Waals surface area contributed by atoms with E-state index < -0.39 is 5.60 Å². The Balaban J connectivity index is 2.94. The third-order valence-corrected chi connectivity index (χ3v) is 2.51. The summed E-state index contributed by atoms with van der Waals surface area (Å²) in [5.41, 5.74) is 0.863. The van der Waals surface area contributed by atoms with Crippen LogP contribution in [0, 0.1) is 0 Å². The Labute approximate surface area is 85.2 Å². The van der Waals surface area contributed by atoms with E-state index in [0.29, 0.717) is 5.92 Å². The third kappa shape index (κ3) is 2.34. The van der Waals surface area contributed by atoms with Crippen molar-refractivity contribution in [2.24, 2.45) is 0 Å². The van der Waals surface area contributed by atoms with Crippen LogP contribution in [-0.4, -0.2) is 16.8 Å². The largest absolute Gasteiger partial charge is 0.393 e. The molecule has 1 rings (SSSR count). The van der Waals surface area contributed by atoms with Crippen LogP contribution in [0.1, 0.15) is 37.8 Å². The zero-order valence-corrected chi connectivity index (χ0v) is 8.99. The van der Waals surface area contributed by atoms with Crippen LogP contribution in [0.2, 0.25) is 0 Å². The Bertz CT molecular complexity index is 286. The van der Waals surface area contributed by atoms with Crippen molar-refractivity contribution in [1.82, 2.24) is 0 Å². The lowest BCUT2D eigenvalue weighted by atomic mass is 9.94. The highest BCUT2D eigenvalue weighted by Gasteiger charge is 2.21. The van der Waals surface area contributed by atoms with Gasteiger partial charge in [-0.25, -0.2) is 0 Å². The van der Waals surface area contributed by atoms with E-state index in [0.717, 1.165) is 5.56 Å². The molecule has 0 saturated carbocycles. The summed E-state index contributed by atoms with van der Waals surface area (Å²) in [4.78, 5) is 0. The van der Waals surface area contributed by atoms with Crippen molar-refractivity contribution in [3.05, 3.63) is 35.4 Å². The van der Waals surface area contributed by atoms with Gasteiger partial charge in [0.15, 0.2) is 0 Å². The van der Waals surface area contributed by atoms with Crippen molar-refractivity contribution in [2.45, 2.75) is 32.3 Å². The van der Waals surface area contributed by atoms with E-state index in [4.69, 9.17) is 5.11 Å². The molecule has 1 aromatic rings. The molecule has 2 N–H and O–H groups in total. The zero-order chi connectivity index (χ0) is 10.8. The normalized spacial score (nSPS) is 15.6. The van der Waals surface area contributed by atoms with Crippen LogP contribution in [0.25, 0.3) is 0 Å². The molecular formula is C12H18O2. The summed E-state index contributed by atoms with van der Waals surface area (Å²) in [7, 11) is 0. The molecule has 1 unspecified atom stereocenters. The summed E-state index contributed by atoms with van der Waals surface area (Å²) in [6.45, 7) is 5.60. The highest BCUT2D eigenvalue weighted by atomic mass is 16.3. The minimum atomic E-state index is -1.13. The van der Waals surface area contributed by atoms with E-state index in [1.807, 2.05) is 24.3 Å². The molecule has 0 heterocycles. The van der Waals surface area contributed by atoms with Crippen molar-refractivity contribution in [3.63, 3.8) is 0 Å². The monoisotopic (exact) mass is 194 g/mol. The number of aliphatic hydroxyl groups is 2. The molecule has 1 aromatic carbocycles. The summed E-state index contributed by atoms with van der Waals surface area (Å²) in [6.07, 6.45) is 0. The second-order valence-electron chi connectivity index (χ2n) is 4.21. The van der Waals surface area contributed by atoms with Gasteiger partial charge in [0.2, 0.25) is 0 Å². The van der Waals surface area contributed by atoms with Crippen LogP contribution in [0.4, 0.5) is 0 Å². The van der Waals surface area contributed by atoms with Gasteiger partial charge in [-0.05, 0) is 24.0 Å². The number of hydrogen-bond donors (Lipinski definition) is 2. The van der Waals surface area contributed by atoms with Crippen LogP contribution in [0.15, 0.2) is 24.3 Å². The van der Waals surface area contributed by atoms with Crippen molar-refractivity contribution < 1.29 is 10.2 Å². The maximum Gasteiger partial charge on any atom is 0.110 e. The summed E-state index contributed by atoms with van der Waals surface area (Å²) in [6, 6.07) is 7.71. The predicted molar refractivity (Wildman–Crippen MR) is 57.2 cm³/mol. The molecule has 0 bridgehead atoms. The molecule has 0 saturated heterocycles. The topological polar surface area (TPSA) is 40.5 Å². The van der Waals surface area contributed by atoms with Gasteiger partial charge in [-0.3, -0.25) is 0 Å². The summed E-state index contributed by atoms with van der Waals surface area (Å²) in [5, 5.41) is 18.7. The first-order chi connectivity index (χ1) is 6.47. The fraction of sp³-hybridized carbons (Fsp3) is 0.500. The molecule has 0 radical (unpaired) electrons. The van der Waals surface area contributed by atoms with Gasteiger partial charge in [-0.1, -0.05) is 38.1 Å². The van der Waals surface area contributed by atoms with Crippen LogP contribution in [0.3, 0.4) is 0 Å². The van der Waals surface area contributed by atoms with Gasteiger partial charge in [-0.2, -0.15) is 0 Å². The second-order valence-corrected chi connectivity index (χ2v) is 4.21. The molecule has 0 fully saturated rings. The first-order valence-electron chi connectivity index (χ1n) is 4.91. The van der Waals surface area contributed by atoms with Gasteiger partial charge in [0.25, 0.3) is 0 Å². The van der Waals surface area contributed by atoms with Gasteiger partial charge in [0, 0.05) is 0 Å². The van der Waals surface area contributed by atoms with E-state index in [1.54, 1.807) is 6.92 Å². The Hall–Kier alpha value is -0.860. The maximum absolute atomic E-state index is 9.77. The molecule has 2 heteroatoms. The van der Waals surface area contributed by atoms with Crippen molar-refractivity contribution in [3.8, 4) is 0 Å². The molecule has 1 atom stereocenters. The van der Waals surface area contributed by atoms with E-state index in [9.17, 15) is 5.11 Å². The Morgan fingerprint density at radius 2 is 1.71 bits per heavy atom. The van der Waals surface area contributed by atoms with Crippen LogP contribution < -0.4 is 0 Å². The van der Waals surface area contributed by atoms with Crippen molar-refractivity contribution >= 4 is 0 Å². The van der Waals surface area contributed by atoms with Gasteiger partial charge >= 0.3 is 0 Å². The van der Waals surface area contributed by atoms with E-state index in [-0.39, 0.29) is 6.61 Å². The SMILES string of the molecule is CC(C)c1ccc(C(C)(O)CO)cc1. The third-order valence-electron chi connectivity index (χ3n) is 2.51. The molecule has 0 amide bonds. The second kappa shape index (κ2) is 4.11. The van der Waals surface area contributed by atoms with Gasteiger partial charge in [0.05, 0.1) is 6.61 Å². The summed E-state index contributed by atoms with van der Waals surface area (Å²) in [5.74, 6) is 0.489. The Morgan fingerprint density at radius 1 is 1.21 bits per heavy atom. The average molecular weight is 194 g/mol. The number of benzene rings is 1. The molecule has 0 aliphatic carbocycles. The Kier molecular flexibility index (Phi) is 3.29. The molecule has 0 aromatic heterocycles. The lowest BCUT2D eigenvalue weighted by Gasteiger charge is -2.21. The lowest BCUT2D eigenvalue weighted by molar-refractivity contribution is -0.00229. The fourth-order valence-electron chi connectivity index (χ4n) is 1.32. The lowest BCUT2D eigenvalue weighted by Crippen LogP contribution is -2.25.